The van der Waals surface area contributed by atoms with Crippen LogP contribution in [0.5, 0.6) is 0 Å². The van der Waals surface area contributed by atoms with Gasteiger partial charge in [0.25, 0.3) is 5.56 Å². The lowest BCUT2D eigenvalue weighted by Crippen LogP contribution is -2.48. The third kappa shape index (κ3) is 3.67. The van der Waals surface area contributed by atoms with Gasteiger partial charge >= 0.3 is 0 Å². The molecule has 9 nitrogen and oxygen atoms in total. The van der Waals surface area contributed by atoms with Crippen LogP contribution in [0.4, 0.5) is 0 Å². The molecule has 2 N–H and O–H groups in total. The molecule has 5 heterocycles. The van der Waals surface area contributed by atoms with Crippen molar-refractivity contribution in [3.05, 3.63) is 71.1 Å². The SMILES string of the molecule is CCCNC(=O)[C@@H]1[C@@H](CO)[C@@H]2Cn3c(ccc(-c4cccnc4)c3=O)[C@@H]2N1Cc1cocn1. The number of carbonyl (C=O) groups excluding carboxylic acids is 1. The standard InChI is InChI=1S/C24H27N5O4/c1-2-7-26-23(31)22-19(12-30)18-11-28-20(21(18)29(22)10-16-13-33-14-27-16)6-5-17(24(28)32)15-4-3-8-25-9-15/h3-6,8-9,13-14,18-19,21-22,30H,2,7,10-12H2,1H3,(H,26,31)/t18-,19-,21+,22-/m0/s1. The van der Waals surface area contributed by atoms with Crippen LogP contribution in [0.25, 0.3) is 11.1 Å². The lowest BCUT2D eigenvalue weighted by atomic mass is 9.88. The molecule has 0 saturated carbocycles. The number of hydrogen-bond acceptors (Lipinski definition) is 7. The zero-order valence-electron chi connectivity index (χ0n) is 18.4. The number of carbonyl (C=O) groups is 1. The predicted molar refractivity (Wildman–Crippen MR) is 120 cm³/mol. The van der Waals surface area contributed by atoms with Crippen molar-refractivity contribution in [1.29, 1.82) is 0 Å². The number of rotatable bonds is 7. The summed E-state index contributed by atoms with van der Waals surface area (Å²) in [4.78, 5) is 37.0. The molecule has 1 amide bonds. The Morgan fingerprint density at radius 2 is 2.21 bits per heavy atom. The zero-order valence-corrected chi connectivity index (χ0v) is 18.4. The van der Waals surface area contributed by atoms with Gasteiger partial charge in [0.05, 0.1) is 17.8 Å². The summed E-state index contributed by atoms with van der Waals surface area (Å²) in [5, 5.41) is 13.3. The number of aliphatic hydroxyl groups is 1. The van der Waals surface area contributed by atoms with Gasteiger partial charge in [-0.15, -0.1) is 0 Å². The summed E-state index contributed by atoms with van der Waals surface area (Å²) in [6.45, 7) is 3.27. The first-order chi connectivity index (χ1) is 16.1. The lowest BCUT2D eigenvalue weighted by molar-refractivity contribution is -0.128. The second kappa shape index (κ2) is 8.92. The minimum atomic E-state index is -0.518. The molecule has 2 aliphatic heterocycles. The third-order valence-electron chi connectivity index (χ3n) is 6.81. The molecule has 0 aliphatic carbocycles. The monoisotopic (exact) mass is 449 g/mol. The van der Waals surface area contributed by atoms with Crippen LogP contribution >= 0.6 is 0 Å². The van der Waals surface area contributed by atoms with E-state index in [0.717, 1.165) is 17.7 Å². The van der Waals surface area contributed by atoms with Crippen molar-refractivity contribution < 1.29 is 14.3 Å². The van der Waals surface area contributed by atoms with Crippen molar-refractivity contribution >= 4 is 5.91 Å². The van der Waals surface area contributed by atoms with Crippen molar-refractivity contribution in [2.75, 3.05) is 13.2 Å². The Kier molecular flexibility index (Phi) is 5.82. The lowest BCUT2D eigenvalue weighted by Gasteiger charge is -2.30. The summed E-state index contributed by atoms with van der Waals surface area (Å²) in [6, 6.07) is 6.77. The van der Waals surface area contributed by atoms with Crippen LogP contribution in [0.3, 0.4) is 0 Å². The molecule has 5 rings (SSSR count). The van der Waals surface area contributed by atoms with E-state index in [1.807, 2.05) is 31.2 Å². The quantitative estimate of drug-likeness (QED) is 0.563. The van der Waals surface area contributed by atoms with E-state index in [2.05, 4.69) is 20.2 Å². The van der Waals surface area contributed by atoms with Crippen LogP contribution in [0, 0.1) is 11.8 Å². The van der Waals surface area contributed by atoms with E-state index in [1.54, 1.807) is 23.2 Å². The van der Waals surface area contributed by atoms with Crippen molar-refractivity contribution in [2.45, 2.75) is 38.5 Å². The fourth-order valence-corrected chi connectivity index (χ4v) is 5.38. The minimum Gasteiger partial charge on any atom is -0.451 e. The number of aromatic nitrogens is 3. The third-order valence-corrected chi connectivity index (χ3v) is 6.81. The second-order valence-corrected chi connectivity index (χ2v) is 8.67. The Morgan fingerprint density at radius 3 is 2.91 bits per heavy atom. The van der Waals surface area contributed by atoms with Gasteiger partial charge in [0.2, 0.25) is 5.91 Å². The van der Waals surface area contributed by atoms with Crippen molar-refractivity contribution in [2.24, 2.45) is 11.8 Å². The van der Waals surface area contributed by atoms with Crippen LogP contribution in [-0.2, 0) is 17.9 Å². The fourth-order valence-electron chi connectivity index (χ4n) is 5.38. The van der Waals surface area contributed by atoms with Crippen LogP contribution in [0.1, 0.15) is 30.8 Å². The average molecular weight is 450 g/mol. The highest BCUT2D eigenvalue weighted by Crippen LogP contribution is 2.49. The Labute approximate surface area is 191 Å². The first-order valence-corrected chi connectivity index (χ1v) is 11.3. The molecule has 0 unspecified atom stereocenters. The topological polar surface area (TPSA) is 113 Å². The Morgan fingerprint density at radius 1 is 1.33 bits per heavy atom. The Balaban J connectivity index is 1.57. The number of aliphatic hydroxyl groups excluding tert-OH is 1. The number of likely N-dealkylation sites (tertiary alicyclic amines) is 1. The van der Waals surface area contributed by atoms with E-state index >= 15 is 0 Å². The Bertz CT molecular complexity index is 1180. The number of amides is 1. The highest BCUT2D eigenvalue weighted by molar-refractivity contribution is 5.82. The molecule has 1 fully saturated rings. The van der Waals surface area contributed by atoms with Crippen molar-refractivity contribution in [3.8, 4) is 11.1 Å². The summed E-state index contributed by atoms with van der Waals surface area (Å²) in [5.74, 6) is -0.481. The molecule has 2 aliphatic rings. The molecule has 0 radical (unpaired) electrons. The van der Waals surface area contributed by atoms with Gasteiger partial charge in [-0.1, -0.05) is 13.0 Å². The van der Waals surface area contributed by atoms with Gasteiger partial charge in [0.15, 0.2) is 6.39 Å². The summed E-state index contributed by atoms with van der Waals surface area (Å²) < 4.78 is 6.94. The maximum atomic E-state index is 13.4. The number of pyridine rings is 2. The number of nitrogens with zero attached hydrogens (tertiary/aromatic N) is 4. The molecule has 3 aromatic rings. The normalized spacial score (nSPS) is 23.9. The van der Waals surface area contributed by atoms with Crippen LogP contribution in [0.2, 0.25) is 0 Å². The number of oxazole rings is 1. The van der Waals surface area contributed by atoms with E-state index in [1.165, 1.54) is 6.39 Å². The summed E-state index contributed by atoms with van der Waals surface area (Å²) >= 11 is 0. The summed E-state index contributed by atoms with van der Waals surface area (Å²) in [5.41, 5.74) is 2.83. The molecule has 0 bridgehead atoms. The van der Waals surface area contributed by atoms with Gasteiger partial charge in [-0.3, -0.25) is 19.5 Å². The van der Waals surface area contributed by atoms with Crippen molar-refractivity contribution in [3.63, 3.8) is 0 Å². The van der Waals surface area contributed by atoms with Crippen LogP contribution < -0.4 is 10.9 Å². The maximum absolute atomic E-state index is 13.4. The second-order valence-electron chi connectivity index (χ2n) is 8.67. The van der Waals surface area contributed by atoms with Gasteiger partial charge in [-0.25, -0.2) is 4.98 Å². The average Bonchev–Trinajstić information content (AvgIpc) is 3.55. The van der Waals surface area contributed by atoms with Gasteiger partial charge in [-0.05, 0) is 24.6 Å². The molecule has 172 valence electrons. The highest BCUT2D eigenvalue weighted by Gasteiger charge is 2.55. The van der Waals surface area contributed by atoms with E-state index in [9.17, 15) is 14.7 Å². The number of nitrogens with one attached hydrogen (secondary N) is 1. The predicted octanol–water partition coefficient (Wildman–Crippen LogP) is 1.59. The first-order valence-electron chi connectivity index (χ1n) is 11.3. The Hall–Kier alpha value is -3.30. The van der Waals surface area contributed by atoms with E-state index in [-0.39, 0.29) is 36.0 Å². The summed E-state index contributed by atoms with van der Waals surface area (Å²) in [7, 11) is 0. The van der Waals surface area contributed by atoms with Gasteiger partial charge in [0.1, 0.15) is 6.26 Å². The van der Waals surface area contributed by atoms with E-state index < -0.39 is 6.04 Å². The van der Waals surface area contributed by atoms with E-state index in [0.29, 0.717) is 30.9 Å². The molecule has 0 aromatic carbocycles. The maximum Gasteiger partial charge on any atom is 0.258 e. The van der Waals surface area contributed by atoms with Crippen LogP contribution in [0.15, 0.2) is 58.5 Å². The first kappa shape index (κ1) is 21.5. The molecule has 3 aromatic heterocycles. The fraction of sp³-hybridized carbons (Fsp3) is 0.417. The molecule has 1 saturated heterocycles. The highest BCUT2D eigenvalue weighted by atomic mass is 16.3. The molecule has 9 heteroatoms. The minimum absolute atomic E-state index is 0.0730. The van der Waals surface area contributed by atoms with Gasteiger partial charge in [-0.2, -0.15) is 0 Å². The molecule has 4 atom stereocenters. The van der Waals surface area contributed by atoms with Crippen molar-refractivity contribution in [1.82, 2.24) is 24.8 Å². The number of hydrogen-bond donors (Lipinski definition) is 2. The zero-order chi connectivity index (χ0) is 22.9. The largest absolute Gasteiger partial charge is 0.451 e. The number of fused-ring (bicyclic) bond motifs is 3. The smallest absolute Gasteiger partial charge is 0.258 e. The van der Waals surface area contributed by atoms with Crippen LogP contribution in [-0.4, -0.2) is 49.6 Å². The molecule has 0 spiro atoms. The van der Waals surface area contributed by atoms with E-state index in [4.69, 9.17) is 4.42 Å². The van der Waals surface area contributed by atoms with Gasteiger partial charge < -0.3 is 19.4 Å². The molecular formula is C24H27N5O4. The summed E-state index contributed by atoms with van der Waals surface area (Å²) in [6.07, 6.45) is 7.12. The molecule has 33 heavy (non-hydrogen) atoms. The molecular weight excluding hydrogens is 422 g/mol. The van der Waals surface area contributed by atoms with Gasteiger partial charge in [0, 0.05) is 67.3 Å².